The first-order valence-electron chi connectivity index (χ1n) is 17.9. The van der Waals surface area contributed by atoms with Gasteiger partial charge in [-0.15, -0.1) is 0 Å². The van der Waals surface area contributed by atoms with E-state index in [1.807, 2.05) is 54.6 Å². The summed E-state index contributed by atoms with van der Waals surface area (Å²) in [6.45, 7) is 5.30. The predicted octanol–water partition coefficient (Wildman–Crippen LogP) is 5.86. The Morgan fingerprint density at radius 3 is 2.43 bits per heavy atom. The third kappa shape index (κ3) is 8.21. The van der Waals surface area contributed by atoms with Crippen LogP contribution in [-0.2, 0) is 19.1 Å². The number of ether oxygens (including phenoxy) is 3. The molecule has 12 nitrogen and oxygen atoms in total. The summed E-state index contributed by atoms with van der Waals surface area (Å²) in [5, 5.41) is 16.6. The second kappa shape index (κ2) is 14.8. The van der Waals surface area contributed by atoms with Crippen LogP contribution in [0.1, 0.15) is 78.6 Å². The quantitative estimate of drug-likeness (QED) is 0.287. The Kier molecular flexibility index (Phi) is 10.4. The molecule has 3 aliphatic rings. The van der Waals surface area contributed by atoms with E-state index in [2.05, 4.69) is 10.6 Å². The van der Waals surface area contributed by atoms with E-state index in [0.717, 1.165) is 36.6 Å². The molecule has 6 rings (SSSR count). The third-order valence-electron chi connectivity index (χ3n) is 10.1. The Morgan fingerprint density at radius 1 is 1.00 bits per heavy atom. The van der Waals surface area contributed by atoms with Crippen LogP contribution in [0.2, 0.25) is 0 Å². The number of pyridine rings is 1. The van der Waals surface area contributed by atoms with Crippen LogP contribution in [0.4, 0.5) is 4.79 Å². The lowest BCUT2D eigenvalue weighted by atomic mass is 10.0. The molecule has 0 spiro atoms. The van der Waals surface area contributed by atoms with Crippen molar-refractivity contribution in [2.75, 3.05) is 13.7 Å². The van der Waals surface area contributed by atoms with E-state index in [1.54, 1.807) is 27.9 Å². The molecule has 1 aromatic heterocycles. The molecule has 0 bridgehead atoms. The largest absolute Gasteiger partial charge is 0.497 e. The predicted molar refractivity (Wildman–Crippen MR) is 190 cm³/mol. The Morgan fingerprint density at radius 2 is 1.73 bits per heavy atom. The van der Waals surface area contributed by atoms with Gasteiger partial charge >= 0.3 is 12.1 Å². The van der Waals surface area contributed by atoms with Gasteiger partial charge in [-0.2, -0.15) is 0 Å². The molecule has 3 heterocycles. The van der Waals surface area contributed by atoms with Gasteiger partial charge in [0.1, 0.15) is 40.8 Å². The van der Waals surface area contributed by atoms with Crippen molar-refractivity contribution in [2.45, 2.75) is 108 Å². The highest BCUT2D eigenvalue weighted by atomic mass is 16.6. The van der Waals surface area contributed by atoms with Crippen molar-refractivity contribution in [3.63, 3.8) is 0 Å². The van der Waals surface area contributed by atoms with Gasteiger partial charge in [0, 0.05) is 29.5 Å². The smallest absolute Gasteiger partial charge is 0.408 e. The maximum Gasteiger partial charge on any atom is 0.408 e. The second-order valence-corrected chi connectivity index (χ2v) is 14.9. The summed E-state index contributed by atoms with van der Waals surface area (Å²) >= 11 is 0. The van der Waals surface area contributed by atoms with E-state index in [1.165, 1.54) is 4.90 Å². The molecule has 5 atom stereocenters. The number of amides is 3. The number of carboxylic acid groups (broad SMARTS) is 1. The zero-order valence-corrected chi connectivity index (χ0v) is 29.8. The van der Waals surface area contributed by atoms with Crippen LogP contribution in [0.3, 0.4) is 0 Å². The van der Waals surface area contributed by atoms with Crippen LogP contribution in [-0.4, -0.2) is 81.8 Å². The summed E-state index contributed by atoms with van der Waals surface area (Å²) in [6, 6.07) is 15.1. The number of aromatic nitrogens is 1. The van der Waals surface area contributed by atoms with Crippen molar-refractivity contribution >= 4 is 34.8 Å². The minimum Gasteiger partial charge on any atom is -0.497 e. The van der Waals surface area contributed by atoms with Crippen molar-refractivity contribution in [1.82, 2.24) is 20.5 Å². The van der Waals surface area contributed by atoms with Crippen molar-refractivity contribution in [2.24, 2.45) is 5.92 Å². The van der Waals surface area contributed by atoms with Gasteiger partial charge in [-0.05, 0) is 58.1 Å². The number of nitrogens with one attached hydrogen (secondary N) is 2. The fraction of sp³-hybridized carbons (Fsp3) is 0.513. The highest BCUT2D eigenvalue weighted by molar-refractivity contribution is 5.96. The molecule has 0 unspecified atom stereocenters. The number of carbonyl (C=O) groups excluding carboxylic acids is 3. The second-order valence-electron chi connectivity index (χ2n) is 14.9. The van der Waals surface area contributed by atoms with Gasteiger partial charge in [-0.1, -0.05) is 62.4 Å². The number of hydrogen-bond acceptors (Lipinski definition) is 8. The zero-order chi connectivity index (χ0) is 36.3. The van der Waals surface area contributed by atoms with Crippen LogP contribution in [0.15, 0.2) is 54.6 Å². The summed E-state index contributed by atoms with van der Waals surface area (Å²) in [6.07, 6.45) is 4.45. The molecule has 3 amide bonds. The van der Waals surface area contributed by atoms with Gasteiger partial charge in [-0.25, -0.2) is 14.6 Å². The van der Waals surface area contributed by atoms with Crippen LogP contribution in [0.25, 0.3) is 22.2 Å². The number of fused-ring (bicyclic) bond motifs is 3. The average Bonchev–Trinajstić information content (AvgIpc) is 3.63. The van der Waals surface area contributed by atoms with Gasteiger partial charge in [-0.3, -0.25) is 9.59 Å². The van der Waals surface area contributed by atoms with Crippen LogP contribution >= 0.6 is 0 Å². The average molecular weight is 701 g/mol. The summed E-state index contributed by atoms with van der Waals surface area (Å²) in [5.41, 5.74) is 0.0816. The molecule has 3 aromatic rings. The third-order valence-corrected chi connectivity index (χ3v) is 10.1. The van der Waals surface area contributed by atoms with Gasteiger partial charge in [0.15, 0.2) is 0 Å². The zero-order valence-electron chi connectivity index (χ0n) is 29.8. The SMILES string of the molecule is COc1ccc2c(O[C@@H]3C[C@H]4C(=O)N[C@]5(C(=O)O)C[C@@H]5CCCCCCC[C@H](NC(=O)OC(C)(C)C)C(=O)N4C3)cc(-c3ccccc3)nc2c1. The highest BCUT2D eigenvalue weighted by Gasteiger charge is 2.62. The first kappa shape index (κ1) is 35.9. The Balaban J connectivity index is 1.34. The van der Waals surface area contributed by atoms with Gasteiger partial charge in [0.2, 0.25) is 11.8 Å². The number of carboxylic acids is 1. The van der Waals surface area contributed by atoms with E-state index in [9.17, 15) is 24.3 Å². The normalized spacial score (nSPS) is 25.8. The molecule has 2 aliphatic heterocycles. The number of nitrogens with zero attached hydrogens (tertiary/aromatic N) is 2. The fourth-order valence-electron chi connectivity index (χ4n) is 7.34. The Hall–Kier alpha value is -4.87. The van der Waals surface area contributed by atoms with E-state index >= 15 is 0 Å². The molecular formula is C39H48N4O8. The molecule has 1 aliphatic carbocycles. The van der Waals surface area contributed by atoms with E-state index < -0.39 is 53.2 Å². The number of benzene rings is 2. The molecule has 0 radical (unpaired) electrons. The molecule has 272 valence electrons. The number of methoxy groups -OCH3 is 1. The maximum absolute atomic E-state index is 14.4. The first-order valence-corrected chi connectivity index (χ1v) is 17.9. The molecular weight excluding hydrogens is 652 g/mol. The Bertz CT molecular complexity index is 1780. The lowest BCUT2D eigenvalue weighted by molar-refractivity contribution is -0.146. The van der Waals surface area contributed by atoms with Gasteiger partial charge in [0.05, 0.1) is 24.9 Å². The number of rotatable bonds is 6. The minimum absolute atomic E-state index is 0.0492. The monoisotopic (exact) mass is 700 g/mol. The number of alkyl carbamates (subject to hydrolysis) is 1. The van der Waals surface area contributed by atoms with Crippen LogP contribution in [0, 0.1) is 5.92 Å². The topological polar surface area (TPSA) is 156 Å². The fourth-order valence-corrected chi connectivity index (χ4v) is 7.34. The van der Waals surface area contributed by atoms with Crippen molar-refractivity contribution in [3.8, 4) is 22.8 Å². The highest BCUT2D eigenvalue weighted by Crippen LogP contribution is 2.47. The molecule has 1 saturated carbocycles. The van der Waals surface area contributed by atoms with Crippen LogP contribution < -0.4 is 20.1 Å². The number of aliphatic carboxylic acids is 1. The molecule has 51 heavy (non-hydrogen) atoms. The van der Waals surface area contributed by atoms with Gasteiger partial charge in [0.25, 0.3) is 0 Å². The lowest BCUT2D eigenvalue weighted by Gasteiger charge is -2.30. The van der Waals surface area contributed by atoms with Crippen molar-refractivity contribution in [1.29, 1.82) is 0 Å². The summed E-state index contributed by atoms with van der Waals surface area (Å²) in [4.78, 5) is 60.3. The molecule has 2 aromatic carbocycles. The van der Waals surface area contributed by atoms with E-state index in [-0.39, 0.29) is 18.9 Å². The first-order chi connectivity index (χ1) is 24.4. The number of hydrogen-bond donors (Lipinski definition) is 3. The van der Waals surface area contributed by atoms with Crippen molar-refractivity contribution in [3.05, 3.63) is 54.6 Å². The maximum atomic E-state index is 14.4. The summed E-state index contributed by atoms with van der Waals surface area (Å²) in [7, 11) is 1.59. The standard InChI is InChI=1S/C39H48N4O8/c1-38(2,3)51-37(48)41-29-16-12-7-5-6-11-15-25-22-39(25,36(46)47)42-34(44)32-20-27(23-43(32)35(29)45)50-33-21-30(24-13-9-8-10-14-24)40-31-19-26(49-4)17-18-28(31)33/h8-10,13-14,17-19,21,25,27,29,32H,5-7,11-12,15-16,20,22-23H2,1-4H3,(H,41,48)(H,42,44)(H,46,47)/t25-,27+,29-,32-,39+/m0/s1. The van der Waals surface area contributed by atoms with E-state index in [0.29, 0.717) is 48.4 Å². The summed E-state index contributed by atoms with van der Waals surface area (Å²) in [5.74, 6) is -1.05. The molecule has 12 heteroatoms. The number of carbonyl (C=O) groups is 4. The molecule has 2 saturated heterocycles. The van der Waals surface area contributed by atoms with Crippen molar-refractivity contribution < 1.29 is 38.5 Å². The van der Waals surface area contributed by atoms with Crippen LogP contribution in [0.5, 0.6) is 11.5 Å². The summed E-state index contributed by atoms with van der Waals surface area (Å²) < 4.78 is 17.6. The molecule has 3 fully saturated rings. The van der Waals surface area contributed by atoms with E-state index in [4.69, 9.17) is 19.2 Å². The van der Waals surface area contributed by atoms with Gasteiger partial charge < -0.3 is 34.9 Å². The molecule has 3 N–H and O–H groups in total. The minimum atomic E-state index is -1.36. The Labute approximate surface area is 298 Å². The lowest BCUT2D eigenvalue weighted by Crippen LogP contribution is -2.56.